The molecular formula is C13H21Cl2N3O. The van der Waals surface area contributed by atoms with Crippen LogP contribution in [0.5, 0.6) is 0 Å². The molecule has 0 spiro atoms. The molecule has 2 heterocycles. The van der Waals surface area contributed by atoms with Crippen molar-refractivity contribution in [1.82, 2.24) is 15.6 Å². The molecule has 6 heteroatoms. The second-order valence-electron chi connectivity index (χ2n) is 4.63. The van der Waals surface area contributed by atoms with Gasteiger partial charge in [0.15, 0.2) is 0 Å². The van der Waals surface area contributed by atoms with E-state index < -0.39 is 0 Å². The molecule has 0 radical (unpaired) electrons. The lowest BCUT2D eigenvalue weighted by Crippen LogP contribution is -2.52. The number of hydrogen-bond donors (Lipinski definition) is 2. The number of aryl methyl sites for hydroxylation is 1. The van der Waals surface area contributed by atoms with Crippen LogP contribution in [0.1, 0.15) is 35.9 Å². The first-order valence-electron chi connectivity index (χ1n) is 6.15. The summed E-state index contributed by atoms with van der Waals surface area (Å²) in [6.45, 7) is 5.03. The number of piperidine rings is 1. The summed E-state index contributed by atoms with van der Waals surface area (Å²) in [5, 5.41) is 6.41. The third-order valence-electron chi connectivity index (χ3n) is 3.20. The number of carbonyl (C=O) groups is 1. The normalized spacial score (nSPS) is 21.8. The molecule has 1 saturated heterocycles. The van der Waals surface area contributed by atoms with Gasteiger partial charge in [0.1, 0.15) is 5.69 Å². The first-order chi connectivity index (χ1) is 8.16. The lowest BCUT2D eigenvalue weighted by molar-refractivity contribution is 0.0914. The second-order valence-corrected chi connectivity index (χ2v) is 4.63. The van der Waals surface area contributed by atoms with Gasteiger partial charge in [0, 0.05) is 17.8 Å². The molecule has 0 aliphatic carbocycles. The number of hydrogen-bond acceptors (Lipinski definition) is 3. The second kappa shape index (κ2) is 8.35. The van der Waals surface area contributed by atoms with Gasteiger partial charge < -0.3 is 10.6 Å². The zero-order chi connectivity index (χ0) is 12.3. The highest BCUT2D eigenvalue weighted by atomic mass is 35.5. The average Bonchev–Trinajstić information content (AvgIpc) is 2.32. The van der Waals surface area contributed by atoms with Crippen LogP contribution in [-0.4, -0.2) is 29.5 Å². The van der Waals surface area contributed by atoms with E-state index in [-0.39, 0.29) is 36.8 Å². The van der Waals surface area contributed by atoms with Crippen LogP contribution in [0.15, 0.2) is 18.2 Å². The minimum atomic E-state index is -0.0748. The molecule has 1 aromatic heterocycles. The summed E-state index contributed by atoms with van der Waals surface area (Å²) in [6.07, 6.45) is 2.14. The average molecular weight is 306 g/mol. The van der Waals surface area contributed by atoms with E-state index in [1.807, 2.05) is 19.1 Å². The third-order valence-corrected chi connectivity index (χ3v) is 3.20. The molecule has 0 saturated carbocycles. The van der Waals surface area contributed by atoms with E-state index in [9.17, 15) is 4.79 Å². The van der Waals surface area contributed by atoms with Crippen LogP contribution in [-0.2, 0) is 0 Å². The number of carbonyl (C=O) groups excluding carboxylic acids is 1. The summed E-state index contributed by atoms with van der Waals surface area (Å²) in [5.41, 5.74) is 1.37. The van der Waals surface area contributed by atoms with Gasteiger partial charge in [-0.3, -0.25) is 4.79 Å². The number of aromatic nitrogens is 1. The van der Waals surface area contributed by atoms with E-state index in [0.29, 0.717) is 11.7 Å². The fraction of sp³-hybridized carbons (Fsp3) is 0.538. The van der Waals surface area contributed by atoms with E-state index in [1.54, 1.807) is 6.07 Å². The van der Waals surface area contributed by atoms with Crippen LogP contribution < -0.4 is 10.6 Å². The largest absolute Gasteiger partial charge is 0.346 e. The van der Waals surface area contributed by atoms with Gasteiger partial charge in [-0.05, 0) is 45.4 Å². The van der Waals surface area contributed by atoms with Gasteiger partial charge in [-0.2, -0.15) is 0 Å². The lowest BCUT2D eigenvalue weighted by atomic mass is 10.00. The van der Waals surface area contributed by atoms with Gasteiger partial charge in [0.25, 0.3) is 5.91 Å². The first-order valence-corrected chi connectivity index (χ1v) is 6.15. The zero-order valence-electron chi connectivity index (χ0n) is 11.2. The molecule has 2 unspecified atom stereocenters. The summed E-state index contributed by atoms with van der Waals surface area (Å²) in [7, 11) is 0. The molecule has 1 aliphatic rings. The van der Waals surface area contributed by atoms with Gasteiger partial charge in [-0.25, -0.2) is 4.98 Å². The molecule has 0 aromatic carbocycles. The highest BCUT2D eigenvalue weighted by Gasteiger charge is 2.23. The SMILES string of the molecule is Cc1cccc(C(=O)NC2CCCNC2C)n1.Cl.Cl. The van der Waals surface area contributed by atoms with Crippen LogP contribution >= 0.6 is 24.8 Å². The number of nitrogens with one attached hydrogen (secondary N) is 2. The van der Waals surface area contributed by atoms with Crippen molar-refractivity contribution in [2.24, 2.45) is 0 Å². The molecule has 2 atom stereocenters. The maximum atomic E-state index is 12.0. The van der Waals surface area contributed by atoms with Crippen molar-refractivity contribution < 1.29 is 4.79 Å². The number of nitrogens with zero attached hydrogens (tertiary/aromatic N) is 1. The predicted octanol–water partition coefficient (Wildman–Crippen LogP) is 2.10. The fourth-order valence-electron chi connectivity index (χ4n) is 2.15. The zero-order valence-corrected chi connectivity index (χ0v) is 12.8. The number of pyridine rings is 1. The van der Waals surface area contributed by atoms with Gasteiger partial charge in [0.05, 0.1) is 0 Å². The minimum absolute atomic E-state index is 0. The Kier molecular flexibility index (Phi) is 7.99. The molecular weight excluding hydrogens is 285 g/mol. The summed E-state index contributed by atoms with van der Waals surface area (Å²) in [4.78, 5) is 16.2. The van der Waals surface area contributed by atoms with E-state index in [1.165, 1.54) is 0 Å². The Morgan fingerprint density at radius 3 is 2.79 bits per heavy atom. The van der Waals surface area contributed by atoms with Gasteiger partial charge in [0.2, 0.25) is 0 Å². The van der Waals surface area contributed by atoms with Gasteiger partial charge >= 0.3 is 0 Å². The lowest BCUT2D eigenvalue weighted by Gasteiger charge is -2.30. The number of rotatable bonds is 2. The van der Waals surface area contributed by atoms with Crippen molar-refractivity contribution >= 4 is 30.7 Å². The van der Waals surface area contributed by atoms with Crippen molar-refractivity contribution in [3.8, 4) is 0 Å². The standard InChI is InChI=1S/C13H19N3O.2ClH/c1-9-5-3-6-12(15-9)13(17)16-11-7-4-8-14-10(11)2;;/h3,5-6,10-11,14H,4,7-8H2,1-2H3,(H,16,17);2*1H. The smallest absolute Gasteiger partial charge is 0.270 e. The van der Waals surface area contributed by atoms with E-state index in [0.717, 1.165) is 25.1 Å². The Balaban J connectivity index is 0.00000162. The molecule has 19 heavy (non-hydrogen) atoms. The Bertz CT molecular complexity index is 415. The Hall–Kier alpha value is -0.840. The van der Waals surface area contributed by atoms with E-state index in [2.05, 4.69) is 22.5 Å². The maximum Gasteiger partial charge on any atom is 0.270 e. The van der Waals surface area contributed by atoms with Crippen LogP contribution in [0.2, 0.25) is 0 Å². The summed E-state index contributed by atoms with van der Waals surface area (Å²) in [5.74, 6) is -0.0748. The summed E-state index contributed by atoms with van der Waals surface area (Å²) >= 11 is 0. The summed E-state index contributed by atoms with van der Waals surface area (Å²) in [6, 6.07) is 6.04. The Labute approximate surface area is 126 Å². The van der Waals surface area contributed by atoms with Crippen LogP contribution in [0.4, 0.5) is 0 Å². The Morgan fingerprint density at radius 2 is 2.16 bits per heavy atom. The molecule has 1 aliphatic heterocycles. The maximum absolute atomic E-state index is 12.0. The predicted molar refractivity (Wildman–Crippen MR) is 81.4 cm³/mol. The third kappa shape index (κ3) is 4.97. The van der Waals surface area contributed by atoms with Crippen molar-refractivity contribution in [2.45, 2.75) is 38.8 Å². The van der Waals surface area contributed by atoms with Crippen molar-refractivity contribution in [2.75, 3.05) is 6.54 Å². The monoisotopic (exact) mass is 305 g/mol. The van der Waals surface area contributed by atoms with Crippen LogP contribution in [0.3, 0.4) is 0 Å². The summed E-state index contributed by atoms with van der Waals surface area (Å²) < 4.78 is 0. The Morgan fingerprint density at radius 1 is 1.42 bits per heavy atom. The minimum Gasteiger partial charge on any atom is -0.346 e. The van der Waals surface area contributed by atoms with Crippen molar-refractivity contribution in [1.29, 1.82) is 0 Å². The van der Waals surface area contributed by atoms with Gasteiger partial charge in [-0.1, -0.05) is 6.07 Å². The van der Waals surface area contributed by atoms with E-state index >= 15 is 0 Å². The number of halogens is 2. The van der Waals surface area contributed by atoms with Crippen molar-refractivity contribution in [3.63, 3.8) is 0 Å². The highest BCUT2D eigenvalue weighted by molar-refractivity contribution is 5.92. The molecule has 1 fully saturated rings. The topological polar surface area (TPSA) is 54.0 Å². The van der Waals surface area contributed by atoms with Gasteiger partial charge in [-0.15, -0.1) is 24.8 Å². The quantitative estimate of drug-likeness (QED) is 0.880. The van der Waals surface area contributed by atoms with E-state index in [4.69, 9.17) is 0 Å². The molecule has 0 bridgehead atoms. The molecule has 1 amide bonds. The van der Waals surface area contributed by atoms with Crippen LogP contribution in [0, 0.1) is 6.92 Å². The molecule has 2 N–H and O–H groups in total. The van der Waals surface area contributed by atoms with Crippen LogP contribution in [0.25, 0.3) is 0 Å². The molecule has 4 nitrogen and oxygen atoms in total. The van der Waals surface area contributed by atoms with Crippen molar-refractivity contribution in [3.05, 3.63) is 29.6 Å². The highest BCUT2D eigenvalue weighted by Crippen LogP contribution is 2.09. The fourth-order valence-corrected chi connectivity index (χ4v) is 2.15. The molecule has 2 rings (SSSR count). The first kappa shape index (κ1) is 18.2. The molecule has 108 valence electrons. The number of amides is 1. The molecule has 1 aromatic rings.